The summed E-state index contributed by atoms with van der Waals surface area (Å²) in [6, 6.07) is 1.05. The average Bonchev–Trinajstić information content (AvgIpc) is 2.18. The Hall–Kier alpha value is -0.120. The minimum Gasteiger partial charge on any atom is -0.326 e. The number of nitrogens with zero attached hydrogens (tertiary/aromatic N) is 2. The van der Waals surface area contributed by atoms with Crippen LogP contribution in [-0.2, 0) is 0 Å². The van der Waals surface area contributed by atoms with E-state index in [0.29, 0.717) is 12.0 Å². The van der Waals surface area contributed by atoms with Crippen LogP contribution in [0.3, 0.4) is 0 Å². The smallest absolute Gasteiger partial charge is 0.0217 e. The van der Waals surface area contributed by atoms with Gasteiger partial charge in [0.05, 0.1) is 0 Å². The van der Waals surface area contributed by atoms with Crippen LogP contribution in [0, 0.1) is 5.92 Å². The summed E-state index contributed by atoms with van der Waals surface area (Å²) in [5.41, 5.74) is 6.11. The molecule has 0 spiro atoms. The number of hydrogen-bond acceptors (Lipinski definition) is 3. The van der Waals surface area contributed by atoms with Gasteiger partial charge in [0.25, 0.3) is 0 Å². The molecule has 1 rings (SSSR count). The van der Waals surface area contributed by atoms with Crippen LogP contribution >= 0.6 is 0 Å². The number of rotatable bonds is 4. The summed E-state index contributed by atoms with van der Waals surface area (Å²) >= 11 is 0. The first-order chi connectivity index (χ1) is 7.00. The Morgan fingerprint density at radius 3 is 2.60 bits per heavy atom. The van der Waals surface area contributed by atoms with Crippen molar-refractivity contribution in [3.63, 3.8) is 0 Å². The summed E-state index contributed by atoms with van der Waals surface area (Å²) in [4.78, 5) is 4.87. The van der Waals surface area contributed by atoms with Gasteiger partial charge >= 0.3 is 0 Å². The largest absolute Gasteiger partial charge is 0.326 e. The zero-order chi connectivity index (χ0) is 11.4. The van der Waals surface area contributed by atoms with Crippen molar-refractivity contribution in [1.29, 1.82) is 0 Å². The minimum absolute atomic E-state index is 0.325. The van der Waals surface area contributed by atoms with Crippen LogP contribution in [0.25, 0.3) is 0 Å². The predicted octanol–water partition coefficient (Wildman–Crippen LogP) is 0.996. The molecule has 0 radical (unpaired) electrons. The molecule has 0 aliphatic carbocycles. The summed E-state index contributed by atoms with van der Waals surface area (Å²) in [6.45, 7) is 7.89. The van der Waals surface area contributed by atoms with Crippen molar-refractivity contribution in [2.75, 3.05) is 33.7 Å². The molecular weight excluding hydrogens is 186 g/mol. The Morgan fingerprint density at radius 1 is 1.40 bits per heavy atom. The molecule has 0 amide bonds. The number of piperidine rings is 1. The highest BCUT2D eigenvalue weighted by molar-refractivity contribution is 4.81. The molecule has 0 aromatic heterocycles. The lowest BCUT2D eigenvalue weighted by atomic mass is 10.0. The number of likely N-dealkylation sites (N-methyl/N-ethyl adjacent to an activating group) is 1. The van der Waals surface area contributed by atoms with E-state index in [1.165, 1.54) is 25.9 Å². The molecule has 1 fully saturated rings. The van der Waals surface area contributed by atoms with Gasteiger partial charge in [0.15, 0.2) is 0 Å². The third-order valence-electron chi connectivity index (χ3n) is 3.54. The summed E-state index contributed by atoms with van der Waals surface area (Å²) in [5, 5.41) is 0. The average molecular weight is 213 g/mol. The zero-order valence-corrected chi connectivity index (χ0v) is 10.7. The molecule has 1 saturated heterocycles. The van der Waals surface area contributed by atoms with Gasteiger partial charge in [-0.1, -0.05) is 13.8 Å². The molecule has 3 nitrogen and oxygen atoms in total. The lowest BCUT2D eigenvalue weighted by Crippen LogP contribution is -2.49. The molecule has 0 aromatic rings. The van der Waals surface area contributed by atoms with E-state index < -0.39 is 0 Å². The Balaban J connectivity index is 2.36. The fraction of sp³-hybridized carbons (Fsp3) is 1.00. The van der Waals surface area contributed by atoms with Crippen molar-refractivity contribution in [2.24, 2.45) is 11.7 Å². The van der Waals surface area contributed by atoms with Crippen LogP contribution in [0.1, 0.15) is 26.7 Å². The third-order valence-corrected chi connectivity index (χ3v) is 3.54. The minimum atomic E-state index is 0.325. The van der Waals surface area contributed by atoms with Gasteiger partial charge in [0.1, 0.15) is 0 Å². The summed E-state index contributed by atoms with van der Waals surface area (Å²) in [6.07, 6.45) is 2.65. The molecule has 0 saturated carbocycles. The molecule has 0 bridgehead atoms. The highest BCUT2D eigenvalue weighted by Crippen LogP contribution is 2.14. The second-order valence-electron chi connectivity index (χ2n) is 5.43. The van der Waals surface area contributed by atoms with Crippen molar-refractivity contribution in [2.45, 2.75) is 38.8 Å². The topological polar surface area (TPSA) is 32.5 Å². The Labute approximate surface area is 94.6 Å². The van der Waals surface area contributed by atoms with Crippen molar-refractivity contribution >= 4 is 0 Å². The van der Waals surface area contributed by atoms with Crippen LogP contribution in [-0.4, -0.2) is 55.6 Å². The summed E-state index contributed by atoms with van der Waals surface area (Å²) in [7, 11) is 4.35. The summed E-state index contributed by atoms with van der Waals surface area (Å²) < 4.78 is 0. The molecule has 1 aliphatic rings. The van der Waals surface area contributed by atoms with Crippen molar-refractivity contribution in [3.05, 3.63) is 0 Å². The second kappa shape index (κ2) is 5.83. The van der Waals surface area contributed by atoms with Gasteiger partial charge in [-0.15, -0.1) is 0 Å². The van der Waals surface area contributed by atoms with E-state index in [1.807, 2.05) is 0 Å². The van der Waals surface area contributed by atoms with E-state index in [0.717, 1.165) is 12.6 Å². The molecule has 2 unspecified atom stereocenters. The van der Waals surface area contributed by atoms with E-state index >= 15 is 0 Å². The maximum atomic E-state index is 6.11. The van der Waals surface area contributed by atoms with E-state index in [1.54, 1.807) is 0 Å². The van der Waals surface area contributed by atoms with Crippen LogP contribution in [0.15, 0.2) is 0 Å². The quantitative estimate of drug-likeness (QED) is 0.756. The van der Waals surface area contributed by atoms with Gasteiger partial charge in [-0.2, -0.15) is 0 Å². The first-order valence-electron chi connectivity index (χ1n) is 6.15. The number of nitrogens with two attached hydrogens (primary N) is 1. The SMILES string of the molecule is CC(C)C(N)CN1CCCC(N(C)C)C1. The molecule has 1 heterocycles. The monoisotopic (exact) mass is 213 g/mol. The molecule has 15 heavy (non-hydrogen) atoms. The van der Waals surface area contributed by atoms with E-state index in [2.05, 4.69) is 37.7 Å². The number of likely N-dealkylation sites (tertiary alicyclic amines) is 1. The van der Waals surface area contributed by atoms with Crippen LogP contribution < -0.4 is 5.73 Å². The molecular formula is C12H27N3. The normalized spacial score (nSPS) is 26.2. The molecule has 3 heteroatoms. The zero-order valence-electron chi connectivity index (χ0n) is 10.7. The van der Waals surface area contributed by atoms with Crippen LogP contribution in [0.2, 0.25) is 0 Å². The molecule has 2 N–H and O–H groups in total. The Morgan fingerprint density at radius 2 is 2.07 bits per heavy atom. The van der Waals surface area contributed by atoms with Crippen molar-refractivity contribution in [1.82, 2.24) is 9.80 Å². The van der Waals surface area contributed by atoms with Gasteiger partial charge in [0, 0.05) is 25.2 Å². The second-order valence-corrected chi connectivity index (χ2v) is 5.43. The number of hydrogen-bond donors (Lipinski definition) is 1. The first-order valence-corrected chi connectivity index (χ1v) is 6.15. The molecule has 2 atom stereocenters. The van der Waals surface area contributed by atoms with E-state index in [-0.39, 0.29) is 0 Å². The van der Waals surface area contributed by atoms with Crippen LogP contribution in [0.4, 0.5) is 0 Å². The van der Waals surface area contributed by atoms with Crippen molar-refractivity contribution in [3.8, 4) is 0 Å². The highest BCUT2D eigenvalue weighted by Gasteiger charge is 2.23. The molecule has 0 aromatic carbocycles. The highest BCUT2D eigenvalue weighted by atomic mass is 15.2. The van der Waals surface area contributed by atoms with Gasteiger partial charge < -0.3 is 15.5 Å². The first kappa shape index (κ1) is 12.9. The molecule has 1 aliphatic heterocycles. The Kier molecular flexibility index (Phi) is 5.03. The van der Waals surface area contributed by atoms with Crippen LogP contribution in [0.5, 0.6) is 0 Å². The van der Waals surface area contributed by atoms with E-state index in [9.17, 15) is 0 Å². The van der Waals surface area contributed by atoms with Gasteiger partial charge in [-0.25, -0.2) is 0 Å². The van der Waals surface area contributed by atoms with Gasteiger partial charge in [0.2, 0.25) is 0 Å². The van der Waals surface area contributed by atoms with Gasteiger partial charge in [-0.3, -0.25) is 0 Å². The maximum Gasteiger partial charge on any atom is 0.0217 e. The van der Waals surface area contributed by atoms with Crippen molar-refractivity contribution < 1.29 is 0 Å². The predicted molar refractivity (Wildman–Crippen MR) is 66.0 cm³/mol. The standard InChI is InChI=1S/C12H27N3/c1-10(2)12(13)9-15-7-5-6-11(8-15)14(3)4/h10-12H,5-9,13H2,1-4H3. The van der Waals surface area contributed by atoms with E-state index in [4.69, 9.17) is 5.73 Å². The fourth-order valence-electron chi connectivity index (χ4n) is 2.13. The summed E-state index contributed by atoms with van der Waals surface area (Å²) in [5.74, 6) is 0.588. The third kappa shape index (κ3) is 4.09. The lowest BCUT2D eigenvalue weighted by molar-refractivity contribution is 0.122. The lowest BCUT2D eigenvalue weighted by Gasteiger charge is -2.37. The fourth-order valence-corrected chi connectivity index (χ4v) is 2.13. The maximum absolute atomic E-state index is 6.11. The Bertz CT molecular complexity index is 178. The van der Waals surface area contributed by atoms with Gasteiger partial charge in [-0.05, 0) is 39.4 Å². The molecule has 90 valence electrons.